The molecule has 4 rings (SSSR count). The van der Waals surface area contributed by atoms with Crippen LogP contribution in [0.15, 0.2) is 64.2 Å². The molecule has 0 unspecified atom stereocenters. The molecule has 0 aliphatic rings. The summed E-state index contributed by atoms with van der Waals surface area (Å²) in [6, 6.07) is 15.8. The summed E-state index contributed by atoms with van der Waals surface area (Å²) in [4.78, 5) is 25.7. The van der Waals surface area contributed by atoms with E-state index in [1.165, 1.54) is 10.7 Å². The van der Waals surface area contributed by atoms with Crippen molar-refractivity contribution in [3.8, 4) is 11.5 Å². The third kappa shape index (κ3) is 3.84. The van der Waals surface area contributed by atoms with Crippen molar-refractivity contribution in [3.63, 3.8) is 0 Å². The van der Waals surface area contributed by atoms with E-state index in [1.54, 1.807) is 43.0 Å². The van der Waals surface area contributed by atoms with E-state index in [9.17, 15) is 9.59 Å². The third-order valence-corrected chi connectivity index (χ3v) is 5.14. The van der Waals surface area contributed by atoms with Gasteiger partial charge in [0.25, 0.3) is 11.1 Å². The van der Waals surface area contributed by atoms with Crippen molar-refractivity contribution in [1.29, 1.82) is 0 Å². The van der Waals surface area contributed by atoms with Crippen LogP contribution in [0.2, 0.25) is 5.02 Å². The molecule has 0 saturated heterocycles. The van der Waals surface area contributed by atoms with Gasteiger partial charge in [-0.1, -0.05) is 23.7 Å². The maximum atomic E-state index is 12.9. The van der Waals surface area contributed by atoms with E-state index in [-0.39, 0.29) is 24.3 Å². The van der Waals surface area contributed by atoms with Gasteiger partial charge >= 0.3 is 0 Å². The molecule has 1 N–H and O–H groups in total. The summed E-state index contributed by atoms with van der Waals surface area (Å²) < 4.78 is 14.1. The Morgan fingerprint density at radius 1 is 1.03 bits per heavy atom. The van der Waals surface area contributed by atoms with Gasteiger partial charge in [0, 0.05) is 18.1 Å². The molecular formula is C22H20ClN3O4. The Hall–Kier alpha value is -3.45. The first-order valence-electron chi connectivity index (χ1n) is 9.29. The molecule has 0 fully saturated rings. The number of benzene rings is 2. The lowest BCUT2D eigenvalue weighted by Crippen LogP contribution is -2.26. The summed E-state index contributed by atoms with van der Waals surface area (Å²) in [6.07, 6.45) is 0. The summed E-state index contributed by atoms with van der Waals surface area (Å²) in [5.41, 5.74) is 1.39. The summed E-state index contributed by atoms with van der Waals surface area (Å²) in [5, 5.41) is 3.94. The van der Waals surface area contributed by atoms with Gasteiger partial charge in [-0.25, -0.2) is 0 Å². The summed E-state index contributed by atoms with van der Waals surface area (Å²) >= 11 is 5.93. The molecule has 0 spiro atoms. The van der Waals surface area contributed by atoms with E-state index in [0.717, 1.165) is 5.56 Å². The van der Waals surface area contributed by atoms with Crippen LogP contribution in [0.3, 0.4) is 0 Å². The lowest BCUT2D eigenvalue weighted by molar-refractivity contribution is 0.296. The standard InChI is InChI=1S/C22H20ClN3O4/c1-25-22(28)21-18(24-25)11-20(27)26(12-14-4-3-5-17(10-14)29-2)19(21)13-30-16-8-6-15(23)7-9-16/h3-11,24H,12-13H2,1-2H3. The molecule has 2 aromatic heterocycles. The van der Waals surface area contributed by atoms with Crippen LogP contribution in [0.5, 0.6) is 11.5 Å². The molecule has 30 heavy (non-hydrogen) atoms. The number of hydrogen-bond donors (Lipinski definition) is 1. The van der Waals surface area contributed by atoms with Gasteiger partial charge in [0.05, 0.1) is 30.3 Å². The zero-order valence-electron chi connectivity index (χ0n) is 16.5. The molecule has 7 nitrogen and oxygen atoms in total. The third-order valence-electron chi connectivity index (χ3n) is 4.89. The average molecular weight is 426 g/mol. The van der Waals surface area contributed by atoms with E-state index >= 15 is 0 Å². The number of rotatable bonds is 6. The molecular weight excluding hydrogens is 406 g/mol. The number of H-pyrrole nitrogens is 1. The molecule has 0 bridgehead atoms. The van der Waals surface area contributed by atoms with Crippen molar-refractivity contribution in [2.75, 3.05) is 7.11 Å². The van der Waals surface area contributed by atoms with E-state index in [0.29, 0.717) is 33.1 Å². The SMILES string of the molecule is COc1cccc(Cn2c(COc3ccc(Cl)cc3)c3c(=O)n(C)[nH]c3cc2=O)c1. The van der Waals surface area contributed by atoms with Crippen LogP contribution in [0.4, 0.5) is 0 Å². The minimum Gasteiger partial charge on any atom is -0.497 e. The predicted molar refractivity (Wildman–Crippen MR) is 116 cm³/mol. The van der Waals surface area contributed by atoms with Gasteiger partial charge < -0.3 is 14.0 Å². The largest absolute Gasteiger partial charge is 0.497 e. The Labute approximate surface area is 177 Å². The number of nitrogens with zero attached hydrogens (tertiary/aromatic N) is 2. The van der Waals surface area contributed by atoms with E-state index in [1.807, 2.05) is 24.3 Å². The molecule has 2 aromatic carbocycles. The van der Waals surface area contributed by atoms with Crippen molar-refractivity contribution in [2.45, 2.75) is 13.2 Å². The van der Waals surface area contributed by atoms with Crippen molar-refractivity contribution in [2.24, 2.45) is 7.05 Å². The fourth-order valence-electron chi connectivity index (χ4n) is 3.38. The number of pyridine rings is 1. The van der Waals surface area contributed by atoms with Crippen LogP contribution in [-0.4, -0.2) is 21.5 Å². The number of nitrogens with one attached hydrogen (secondary N) is 1. The van der Waals surface area contributed by atoms with Gasteiger partial charge in [0.1, 0.15) is 18.1 Å². The molecule has 154 valence electrons. The van der Waals surface area contributed by atoms with E-state index < -0.39 is 0 Å². The number of aromatic nitrogens is 3. The number of aryl methyl sites for hydroxylation is 1. The molecule has 8 heteroatoms. The quantitative estimate of drug-likeness (QED) is 0.514. The second-order valence-electron chi connectivity index (χ2n) is 6.87. The lowest BCUT2D eigenvalue weighted by atomic mass is 10.1. The van der Waals surface area contributed by atoms with Crippen LogP contribution in [0, 0.1) is 0 Å². The van der Waals surface area contributed by atoms with Gasteiger partial charge in [-0.2, -0.15) is 0 Å². The fraction of sp³-hybridized carbons (Fsp3) is 0.182. The number of halogens is 1. The maximum Gasteiger partial charge on any atom is 0.276 e. The smallest absolute Gasteiger partial charge is 0.276 e. The highest BCUT2D eigenvalue weighted by atomic mass is 35.5. The molecule has 2 heterocycles. The summed E-state index contributed by atoms with van der Waals surface area (Å²) in [5.74, 6) is 1.28. The first-order chi connectivity index (χ1) is 14.5. The maximum absolute atomic E-state index is 12.9. The molecule has 0 aliphatic carbocycles. The minimum absolute atomic E-state index is 0.0469. The molecule has 0 amide bonds. The van der Waals surface area contributed by atoms with Gasteiger partial charge in [0.2, 0.25) is 0 Å². The zero-order chi connectivity index (χ0) is 21.3. The van der Waals surface area contributed by atoms with Gasteiger partial charge in [-0.15, -0.1) is 0 Å². The topological polar surface area (TPSA) is 78.2 Å². The molecule has 0 atom stereocenters. The van der Waals surface area contributed by atoms with Gasteiger partial charge in [-0.3, -0.25) is 19.4 Å². The Bertz CT molecular complexity index is 1320. The van der Waals surface area contributed by atoms with Crippen molar-refractivity contribution >= 4 is 22.5 Å². The number of ether oxygens (including phenoxy) is 2. The Morgan fingerprint density at radius 2 is 1.80 bits per heavy atom. The second kappa shape index (κ2) is 8.12. The van der Waals surface area contributed by atoms with Crippen LogP contribution in [-0.2, 0) is 20.2 Å². The number of methoxy groups -OCH3 is 1. The molecule has 0 saturated carbocycles. The highest BCUT2D eigenvalue weighted by Gasteiger charge is 2.17. The monoisotopic (exact) mass is 425 g/mol. The van der Waals surface area contributed by atoms with Gasteiger partial charge in [0.15, 0.2) is 0 Å². The Kier molecular flexibility index (Phi) is 5.37. The molecule has 0 radical (unpaired) electrons. The predicted octanol–water partition coefficient (Wildman–Crippen LogP) is 3.32. The number of hydrogen-bond acceptors (Lipinski definition) is 4. The first kappa shape index (κ1) is 19.8. The second-order valence-corrected chi connectivity index (χ2v) is 7.31. The average Bonchev–Trinajstić information content (AvgIpc) is 3.02. The Morgan fingerprint density at radius 3 is 2.53 bits per heavy atom. The van der Waals surface area contributed by atoms with Gasteiger partial charge in [-0.05, 0) is 42.0 Å². The van der Waals surface area contributed by atoms with Crippen LogP contribution in [0.1, 0.15) is 11.3 Å². The van der Waals surface area contributed by atoms with Crippen molar-refractivity contribution < 1.29 is 9.47 Å². The van der Waals surface area contributed by atoms with Crippen LogP contribution < -0.4 is 20.6 Å². The van der Waals surface area contributed by atoms with Crippen LogP contribution >= 0.6 is 11.6 Å². The zero-order valence-corrected chi connectivity index (χ0v) is 17.3. The van der Waals surface area contributed by atoms with E-state index in [2.05, 4.69) is 5.10 Å². The lowest BCUT2D eigenvalue weighted by Gasteiger charge is -2.15. The number of fused-ring (bicyclic) bond motifs is 1. The van der Waals surface area contributed by atoms with Crippen LogP contribution in [0.25, 0.3) is 10.9 Å². The fourth-order valence-corrected chi connectivity index (χ4v) is 3.51. The summed E-state index contributed by atoms with van der Waals surface area (Å²) in [7, 11) is 3.20. The number of aromatic amines is 1. The minimum atomic E-state index is -0.234. The highest BCUT2D eigenvalue weighted by Crippen LogP contribution is 2.20. The Balaban J connectivity index is 1.81. The molecule has 0 aliphatic heterocycles. The van der Waals surface area contributed by atoms with E-state index in [4.69, 9.17) is 21.1 Å². The van der Waals surface area contributed by atoms with Crippen molar-refractivity contribution in [1.82, 2.24) is 14.3 Å². The van der Waals surface area contributed by atoms with Crippen molar-refractivity contribution in [3.05, 3.63) is 91.6 Å². The highest BCUT2D eigenvalue weighted by molar-refractivity contribution is 6.30. The normalized spacial score (nSPS) is 11.0. The first-order valence-corrected chi connectivity index (χ1v) is 9.67. The summed E-state index contributed by atoms with van der Waals surface area (Å²) in [6.45, 7) is 0.324. The molecule has 4 aromatic rings.